The van der Waals surface area contributed by atoms with Gasteiger partial charge >= 0.3 is 0 Å². The van der Waals surface area contributed by atoms with Gasteiger partial charge in [-0.3, -0.25) is 15.1 Å². The van der Waals surface area contributed by atoms with Gasteiger partial charge in [-0.05, 0) is 23.8 Å². The van der Waals surface area contributed by atoms with Crippen molar-refractivity contribution in [2.24, 2.45) is 4.99 Å². The number of benzene rings is 2. The maximum absolute atomic E-state index is 10.8. The van der Waals surface area contributed by atoms with Gasteiger partial charge in [-0.25, -0.2) is 0 Å². The van der Waals surface area contributed by atoms with Crippen molar-refractivity contribution in [1.29, 1.82) is 0 Å². The molecule has 0 unspecified atom stereocenters. The number of aliphatic imine (C=N–C) groups is 1. The van der Waals surface area contributed by atoms with Gasteiger partial charge in [-0.1, -0.05) is 11.6 Å². The van der Waals surface area contributed by atoms with Gasteiger partial charge in [0.05, 0.1) is 29.7 Å². The summed E-state index contributed by atoms with van der Waals surface area (Å²) < 4.78 is 11.2. The first kappa shape index (κ1) is 17.0. The molecule has 1 aliphatic heterocycles. The molecule has 0 fully saturated rings. The summed E-state index contributed by atoms with van der Waals surface area (Å²) >= 11 is 6.22. The van der Waals surface area contributed by atoms with Crippen LogP contribution in [0.25, 0.3) is 0 Å². The van der Waals surface area contributed by atoms with Crippen LogP contribution in [-0.2, 0) is 6.54 Å². The number of nitro benzene ring substituents is 1. The highest BCUT2D eigenvalue weighted by molar-refractivity contribution is 6.32. The largest absolute Gasteiger partial charge is 0.507 e. The maximum Gasteiger partial charge on any atom is 0.270 e. The molecule has 0 saturated heterocycles. The molecule has 0 radical (unpaired) electrons. The molecule has 0 bridgehead atoms. The lowest BCUT2D eigenvalue weighted by Gasteiger charge is -2.10. The summed E-state index contributed by atoms with van der Waals surface area (Å²) in [5.74, 6) is 1.03. The Kier molecular flexibility index (Phi) is 5.04. The van der Waals surface area contributed by atoms with Gasteiger partial charge in [-0.15, -0.1) is 0 Å². The highest BCUT2D eigenvalue weighted by Gasteiger charge is 2.15. The number of nitro groups is 1. The third-order valence-electron chi connectivity index (χ3n) is 3.59. The topological polar surface area (TPSA) is 94.2 Å². The maximum atomic E-state index is 10.8. The first-order valence-corrected chi connectivity index (χ1v) is 7.97. The molecule has 1 aliphatic rings. The van der Waals surface area contributed by atoms with E-state index in [1.165, 1.54) is 24.4 Å². The summed E-state index contributed by atoms with van der Waals surface area (Å²) in [5, 5.41) is 21.0. The molecular formula is C17H15ClN2O5. The van der Waals surface area contributed by atoms with E-state index in [-0.39, 0.29) is 23.5 Å². The lowest BCUT2D eigenvalue weighted by Crippen LogP contribution is -1.97. The van der Waals surface area contributed by atoms with Crippen molar-refractivity contribution in [3.05, 3.63) is 56.6 Å². The molecule has 7 nitrogen and oxygen atoms in total. The first-order chi connectivity index (χ1) is 12.0. The number of phenolic OH excluding ortho intramolecular Hbond substituents is 1. The summed E-state index contributed by atoms with van der Waals surface area (Å²) in [6.07, 6.45) is 2.17. The van der Waals surface area contributed by atoms with Gasteiger partial charge < -0.3 is 14.6 Å². The fourth-order valence-corrected chi connectivity index (χ4v) is 2.67. The molecule has 3 rings (SSSR count). The number of halogens is 1. The predicted octanol–water partition coefficient (Wildman–Crippen LogP) is 3.73. The Bertz CT molecular complexity index is 838. The number of rotatable bonds is 4. The fraction of sp³-hybridized carbons (Fsp3) is 0.235. The molecule has 25 heavy (non-hydrogen) atoms. The van der Waals surface area contributed by atoms with E-state index in [1.807, 2.05) is 0 Å². The number of non-ortho nitro benzene ring substituents is 1. The molecule has 1 heterocycles. The molecule has 2 aromatic rings. The Morgan fingerprint density at radius 3 is 2.88 bits per heavy atom. The van der Waals surface area contributed by atoms with Crippen molar-refractivity contribution in [2.75, 3.05) is 13.2 Å². The van der Waals surface area contributed by atoms with Gasteiger partial charge in [0.2, 0.25) is 0 Å². The van der Waals surface area contributed by atoms with Crippen molar-refractivity contribution in [2.45, 2.75) is 13.0 Å². The lowest BCUT2D eigenvalue weighted by atomic mass is 10.2. The SMILES string of the molecule is O=[N+]([O-])c1ccc(O)c(C=NCc2cc(Cl)c3c(c2)OCCCO3)c1. The van der Waals surface area contributed by atoms with Gasteiger partial charge in [0.25, 0.3) is 5.69 Å². The van der Waals surface area contributed by atoms with Crippen LogP contribution in [0.4, 0.5) is 5.69 Å². The van der Waals surface area contributed by atoms with Gasteiger partial charge in [0.15, 0.2) is 11.5 Å². The van der Waals surface area contributed by atoms with Crippen molar-refractivity contribution < 1.29 is 19.5 Å². The normalized spacial score (nSPS) is 13.6. The van der Waals surface area contributed by atoms with Crippen LogP contribution in [0.15, 0.2) is 35.3 Å². The molecule has 0 atom stereocenters. The Hall–Kier alpha value is -2.80. The van der Waals surface area contributed by atoms with E-state index in [1.54, 1.807) is 12.1 Å². The summed E-state index contributed by atoms with van der Waals surface area (Å²) in [5.41, 5.74) is 0.961. The number of hydrogen-bond acceptors (Lipinski definition) is 6. The molecule has 8 heteroatoms. The van der Waals surface area contributed by atoms with Crippen LogP contribution in [0.1, 0.15) is 17.5 Å². The summed E-state index contributed by atoms with van der Waals surface area (Å²) in [6.45, 7) is 1.38. The molecule has 2 aromatic carbocycles. The smallest absolute Gasteiger partial charge is 0.270 e. The van der Waals surface area contributed by atoms with Crippen molar-refractivity contribution in [3.63, 3.8) is 0 Å². The minimum atomic E-state index is -0.527. The standard InChI is InChI=1S/C17H15ClN2O5/c18-14-6-11(7-16-17(14)25-5-1-4-24-16)9-19-10-12-8-13(20(22)23)2-3-15(12)21/h2-3,6-8,10,21H,1,4-5,9H2. The van der Waals surface area contributed by atoms with Crippen LogP contribution in [-0.4, -0.2) is 29.5 Å². The zero-order chi connectivity index (χ0) is 17.8. The second-order valence-electron chi connectivity index (χ2n) is 5.43. The van der Waals surface area contributed by atoms with Crippen LogP contribution in [0, 0.1) is 10.1 Å². The molecule has 1 N–H and O–H groups in total. The van der Waals surface area contributed by atoms with Crippen LogP contribution >= 0.6 is 11.6 Å². The van der Waals surface area contributed by atoms with E-state index in [0.717, 1.165) is 12.0 Å². The molecule has 0 aromatic heterocycles. The van der Waals surface area contributed by atoms with Gasteiger partial charge in [0, 0.05) is 30.3 Å². The Morgan fingerprint density at radius 2 is 2.08 bits per heavy atom. The number of fused-ring (bicyclic) bond motifs is 1. The minimum absolute atomic E-state index is 0.0777. The van der Waals surface area contributed by atoms with E-state index in [9.17, 15) is 15.2 Å². The quantitative estimate of drug-likeness (QED) is 0.508. The number of hydrogen-bond donors (Lipinski definition) is 1. The molecular weight excluding hydrogens is 348 g/mol. The summed E-state index contributed by atoms with van der Waals surface area (Å²) in [7, 11) is 0. The minimum Gasteiger partial charge on any atom is -0.507 e. The number of nitrogens with zero attached hydrogens (tertiary/aromatic N) is 2. The second kappa shape index (κ2) is 7.40. The molecule has 0 spiro atoms. The average Bonchev–Trinajstić information content (AvgIpc) is 2.82. The zero-order valence-electron chi connectivity index (χ0n) is 13.1. The van der Waals surface area contributed by atoms with E-state index >= 15 is 0 Å². The molecule has 0 amide bonds. The van der Waals surface area contributed by atoms with Crippen LogP contribution in [0.2, 0.25) is 5.02 Å². The van der Waals surface area contributed by atoms with Gasteiger partial charge in [0.1, 0.15) is 5.75 Å². The van der Waals surface area contributed by atoms with Crippen molar-refractivity contribution in [1.82, 2.24) is 0 Å². The predicted molar refractivity (Wildman–Crippen MR) is 93.1 cm³/mol. The number of ether oxygens (including phenoxy) is 2. The monoisotopic (exact) mass is 362 g/mol. The van der Waals surface area contributed by atoms with Crippen LogP contribution < -0.4 is 9.47 Å². The third kappa shape index (κ3) is 4.00. The Balaban J connectivity index is 1.79. The lowest BCUT2D eigenvalue weighted by molar-refractivity contribution is -0.384. The number of aromatic hydroxyl groups is 1. The third-order valence-corrected chi connectivity index (χ3v) is 3.87. The number of phenols is 1. The van der Waals surface area contributed by atoms with Crippen molar-refractivity contribution >= 4 is 23.5 Å². The highest BCUT2D eigenvalue weighted by Crippen LogP contribution is 2.38. The zero-order valence-corrected chi connectivity index (χ0v) is 13.9. The van der Waals surface area contributed by atoms with Crippen molar-refractivity contribution in [3.8, 4) is 17.2 Å². The highest BCUT2D eigenvalue weighted by atomic mass is 35.5. The van der Waals surface area contributed by atoms with Crippen LogP contribution in [0.5, 0.6) is 17.2 Å². The van der Waals surface area contributed by atoms with E-state index in [4.69, 9.17) is 21.1 Å². The summed E-state index contributed by atoms with van der Waals surface area (Å²) in [4.78, 5) is 14.5. The van der Waals surface area contributed by atoms with Gasteiger partial charge in [-0.2, -0.15) is 0 Å². The van der Waals surface area contributed by atoms with E-state index in [0.29, 0.717) is 29.7 Å². The second-order valence-corrected chi connectivity index (χ2v) is 5.83. The fourth-order valence-electron chi connectivity index (χ4n) is 2.38. The van der Waals surface area contributed by atoms with Crippen LogP contribution in [0.3, 0.4) is 0 Å². The molecule has 130 valence electrons. The molecule has 0 aliphatic carbocycles. The summed E-state index contributed by atoms with van der Waals surface area (Å²) in [6, 6.07) is 7.30. The van der Waals surface area contributed by atoms with E-state index < -0.39 is 4.92 Å². The Morgan fingerprint density at radius 1 is 1.28 bits per heavy atom. The molecule has 0 saturated carbocycles. The van der Waals surface area contributed by atoms with E-state index in [2.05, 4.69) is 4.99 Å². The first-order valence-electron chi connectivity index (χ1n) is 7.60. The average molecular weight is 363 g/mol. The Labute approximate surface area is 148 Å².